The van der Waals surface area contributed by atoms with E-state index in [1.54, 1.807) is 12.1 Å². The van der Waals surface area contributed by atoms with Gasteiger partial charge in [-0.25, -0.2) is 4.98 Å². The number of anilines is 1. The summed E-state index contributed by atoms with van der Waals surface area (Å²) < 4.78 is 12.4. The lowest BCUT2D eigenvalue weighted by Crippen LogP contribution is -2.05. The zero-order chi connectivity index (χ0) is 16.4. The number of hydrogen-bond acceptors (Lipinski definition) is 5. The average molecular weight is 313 g/mol. The maximum atomic E-state index is 9.95. The van der Waals surface area contributed by atoms with Crippen LogP contribution in [0.4, 0.5) is 5.95 Å². The molecule has 23 heavy (non-hydrogen) atoms. The van der Waals surface area contributed by atoms with Gasteiger partial charge in [0.25, 0.3) is 0 Å². The van der Waals surface area contributed by atoms with Crippen molar-refractivity contribution in [1.29, 1.82) is 0 Å². The van der Waals surface area contributed by atoms with Gasteiger partial charge in [0.2, 0.25) is 11.7 Å². The van der Waals surface area contributed by atoms with Gasteiger partial charge < -0.3 is 24.5 Å². The zero-order valence-corrected chi connectivity index (χ0v) is 13.3. The molecule has 6 heteroatoms. The Balaban J connectivity index is 1.86. The third-order valence-corrected chi connectivity index (χ3v) is 3.78. The Kier molecular flexibility index (Phi) is 3.97. The van der Waals surface area contributed by atoms with Gasteiger partial charge in [0.15, 0.2) is 11.5 Å². The van der Waals surface area contributed by atoms with Crippen LogP contribution >= 0.6 is 0 Å². The van der Waals surface area contributed by atoms with E-state index in [4.69, 9.17) is 9.47 Å². The fourth-order valence-corrected chi connectivity index (χ4v) is 2.53. The molecule has 0 aliphatic rings. The van der Waals surface area contributed by atoms with Crippen molar-refractivity contribution < 1.29 is 14.6 Å². The number of methoxy groups -OCH3 is 2. The number of phenols is 1. The molecule has 0 atom stereocenters. The first-order valence-electron chi connectivity index (χ1n) is 7.23. The molecule has 0 aliphatic carbocycles. The van der Waals surface area contributed by atoms with Crippen molar-refractivity contribution in [1.82, 2.24) is 9.55 Å². The van der Waals surface area contributed by atoms with Crippen LogP contribution in [0.5, 0.6) is 17.2 Å². The van der Waals surface area contributed by atoms with E-state index in [2.05, 4.69) is 10.3 Å². The molecular weight excluding hydrogens is 294 g/mol. The predicted octanol–water partition coefficient (Wildman–Crippen LogP) is 2.91. The number of phenolic OH excluding ortho intramolecular Hbond substituents is 1. The van der Waals surface area contributed by atoms with Crippen molar-refractivity contribution in [2.75, 3.05) is 19.5 Å². The molecule has 0 aliphatic heterocycles. The average Bonchev–Trinajstić information content (AvgIpc) is 2.90. The van der Waals surface area contributed by atoms with Crippen LogP contribution in [-0.4, -0.2) is 28.9 Å². The minimum Gasteiger partial charge on any atom is -0.502 e. The van der Waals surface area contributed by atoms with Crippen molar-refractivity contribution in [3.8, 4) is 17.2 Å². The molecular formula is C17H19N3O3. The van der Waals surface area contributed by atoms with Gasteiger partial charge in [0.05, 0.1) is 25.3 Å². The number of nitrogens with zero attached hydrogens (tertiary/aromatic N) is 2. The molecule has 0 unspecified atom stereocenters. The van der Waals surface area contributed by atoms with E-state index in [-0.39, 0.29) is 5.75 Å². The van der Waals surface area contributed by atoms with Crippen LogP contribution < -0.4 is 14.8 Å². The van der Waals surface area contributed by atoms with E-state index in [0.717, 1.165) is 22.5 Å². The number of hydrogen-bond donors (Lipinski definition) is 2. The summed E-state index contributed by atoms with van der Waals surface area (Å²) in [6.07, 6.45) is 0. The molecule has 6 nitrogen and oxygen atoms in total. The van der Waals surface area contributed by atoms with Crippen LogP contribution in [0.15, 0.2) is 36.4 Å². The highest BCUT2D eigenvalue weighted by molar-refractivity contribution is 5.78. The standard InChI is InChI=1S/C17H19N3O3/c1-20-13-7-5-4-6-12(13)19-17(20)18-10-11-8-14(22-2)16(21)15(9-11)23-3/h4-9,21H,10H2,1-3H3,(H,18,19). The largest absolute Gasteiger partial charge is 0.502 e. The Morgan fingerprint density at radius 3 is 2.39 bits per heavy atom. The molecule has 0 saturated heterocycles. The van der Waals surface area contributed by atoms with Crippen LogP contribution in [-0.2, 0) is 13.6 Å². The molecule has 3 aromatic rings. The fraction of sp³-hybridized carbons (Fsp3) is 0.235. The summed E-state index contributed by atoms with van der Waals surface area (Å²) in [6, 6.07) is 11.5. The van der Waals surface area contributed by atoms with Crippen molar-refractivity contribution in [2.45, 2.75) is 6.54 Å². The number of nitrogens with one attached hydrogen (secondary N) is 1. The van der Waals surface area contributed by atoms with E-state index in [0.29, 0.717) is 18.0 Å². The van der Waals surface area contributed by atoms with Crippen LogP contribution in [0.3, 0.4) is 0 Å². The number of aryl methyl sites for hydroxylation is 1. The lowest BCUT2D eigenvalue weighted by Gasteiger charge is -2.12. The Morgan fingerprint density at radius 1 is 1.13 bits per heavy atom. The Labute approximate surface area is 134 Å². The SMILES string of the molecule is COc1cc(CNc2nc3ccccc3n2C)cc(OC)c1O. The Hall–Kier alpha value is -2.89. The summed E-state index contributed by atoms with van der Waals surface area (Å²) in [4.78, 5) is 4.57. The van der Waals surface area contributed by atoms with Crippen LogP contribution in [0.1, 0.15) is 5.56 Å². The lowest BCUT2D eigenvalue weighted by molar-refractivity contribution is 0.339. The summed E-state index contributed by atoms with van der Waals surface area (Å²) in [5.41, 5.74) is 2.93. The molecule has 1 aromatic heterocycles. The van der Waals surface area contributed by atoms with Gasteiger partial charge in [-0.1, -0.05) is 12.1 Å². The van der Waals surface area contributed by atoms with Gasteiger partial charge >= 0.3 is 0 Å². The molecule has 120 valence electrons. The van der Waals surface area contributed by atoms with Crippen LogP contribution in [0.25, 0.3) is 11.0 Å². The molecule has 0 amide bonds. The van der Waals surface area contributed by atoms with E-state index >= 15 is 0 Å². The van der Waals surface area contributed by atoms with Crippen molar-refractivity contribution in [3.05, 3.63) is 42.0 Å². The molecule has 0 bridgehead atoms. The molecule has 0 saturated carbocycles. The first-order chi connectivity index (χ1) is 11.1. The zero-order valence-electron chi connectivity index (χ0n) is 13.3. The number of benzene rings is 2. The molecule has 2 aromatic carbocycles. The summed E-state index contributed by atoms with van der Waals surface area (Å²) in [6.45, 7) is 0.532. The highest BCUT2D eigenvalue weighted by Gasteiger charge is 2.12. The van der Waals surface area contributed by atoms with Crippen LogP contribution in [0, 0.1) is 0 Å². The van der Waals surface area contributed by atoms with Gasteiger partial charge in [-0.2, -0.15) is 0 Å². The highest BCUT2D eigenvalue weighted by atomic mass is 16.5. The topological polar surface area (TPSA) is 68.5 Å². The fourth-order valence-electron chi connectivity index (χ4n) is 2.53. The molecule has 2 N–H and O–H groups in total. The van der Waals surface area contributed by atoms with Crippen molar-refractivity contribution in [2.24, 2.45) is 7.05 Å². The van der Waals surface area contributed by atoms with Gasteiger partial charge in [0.1, 0.15) is 0 Å². The summed E-state index contributed by atoms with van der Waals surface area (Å²) in [7, 11) is 4.99. The minimum absolute atomic E-state index is 0.00137. The van der Waals surface area contributed by atoms with Gasteiger partial charge in [-0.3, -0.25) is 0 Å². The first-order valence-corrected chi connectivity index (χ1v) is 7.23. The van der Waals surface area contributed by atoms with E-state index in [9.17, 15) is 5.11 Å². The quantitative estimate of drug-likeness (QED) is 0.758. The number of imidazole rings is 1. The van der Waals surface area contributed by atoms with Crippen molar-refractivity contribution >= 4 is 17.0 Å². The second-order valence-electron chi connectivity index (χ2n) is 5.19. The Bertz CT molecular complexity index is 817. The van der Waals surface area contributed by atoms with Gasteiger partial charge in [0, 0.05) is 13.6 Å². The second-order valence-corrected chi connectivity index (χ2v) is 5.19. The van der Waals surface area contributed by atoms with Gasteiger partial charge in [-0.05, 0) is 29.8 Å². The smallest absolute Gasteiger partial charge is 0.203 e. The van der Waals surface area contributed by atoms with Crippen LogP contribution in [0.2, 0.25) is 0 Å². The van der Waals surface area contributed by atoms with E-state index < -0.39 is 0 Å². The molecule has 1 heterocycles. The number of ether oxygens (including phenoxy) is 2. The summed E-state index contributed by atoms with van der Waals surface area (Å²) in [5, 5.41) is 13.3. The second kappa shape index (κ2) is 6.08. The van der Waals surface area contributed by atoms with E-state index in [1.807, 2.05) is 35.9 Å². The third-order valence-electron chi connectivity index (χ3n) is 3.78. The summed E-state index contributed by atoms with van der Waals surface area (Å²) in [5.74, 6) is 1.54. The predicted molar refractivity (Wildman–Crippen MR) is 89.3 cm³/mol. The molecule has 3 rings (SSSR count). The maximum absolute atomic E-state index is 9.95. The molecule has 0 fully saturated rings. The number of fused-ring (bicyclic) bond motifs is 1. The minimum atomic E-state index is 0.00137. The molecule has 0 spiro atoms. The first kappa shape index (κ1) is 15.0. The van der Waals surface area contributed by atoms with Crippen molar-refractivity contribution in [3.63, 3.8) is 0 Å². The van der Waals surface area contributed by atoms with E-state index in [1.165, 1.54) is 14.2 Å². The van der Waals surface area contributed by atoms with Gasteiger partial charge in [-0.15, -0.1) is 0 Å². The highest BCUT2D eigenvalue weighted by Crippen LogP contribution is 2.37. The number of para-hydroxylation sites is 2. The number of rotatable bonds is 5. The Morgan fingerprint density at radius 2 is 1.78 bits per heavy atom. The molecule has 0 radical (unpaired) electrons. The summed E-state index contributed by atoms with van der Waals surface area (Å²) >= 11 is 0. The monoisotopic (exact) mass is 313 g/mol. The number of aromatic nitrogens is 2. The number of aromatic hydroxyl groups is 1. The normalized spacial score (nSPS) is 10.7. The third kappa shape index (κ3) is 2.75. The maximum Gasteiger partial charge on any atom is 0.203 e. The lowest BCUT2D eigenvalue weighted by atomic mass is 10.2.